The molecule has 7 nitrogen and oxygen atoms in total. The Balaban J connectivity index is 1.67. The first-order valence-corrected chi connectivity index (χ1v) is 10.5. The second-order valence-electron chi connectivity index (χ2n) is 7.17. The number of rotatable bonds is 5. The smallest absolute Gasteiger partial charge is 0.234 e. The number of aryl methyl sites for hydroxylation is 3. The number of nitrogens with zero attached hydrogens (tertiary/aromatic N) is 3. The standard InChI is InChI=1S/C22H22N6OS/c1-13-7-9-17(10-8-13)28-20(23)19-15(3)26-27-21(19)25-22(28)30-12-18(29)24-16-6-4-5-14(2)11-16/h4-11,23H,12H2,1-3H3,(H,24,29)(H,26,27). The number of carbonyl (C=O) groups is 1. The average molecular weight is 419 g/mol. The van der Waals surface area contributed by atoms with Gasteiger partial charge < -0.3 is 5.32 Å². The van der Waals surface area contributed by atoms with E-state index in [1.807, 2.05) is 69.3 Å². The Morgan fingerprint density at radius 1 is 1.13 bits per heavy atom. The van der Waals surface area contributed by atoms with Crippen molar-refractivity contribution in [1.29, 1.82) is 5.41 Å². The molecule has 2 aromatic carbocycles. The van der Waals surface area contributed by atoms with Gasteiger partial charge in [0, 0.05) is 17.1 Å². The van der Waals surface area contributed by atoms with Crippen molar-refractivity contribution in [3.8, 4) is 5.69 Å². The zero-order valence-electron chi connectivity index (χ0n) is 17.0. The van der Waals surface area contributed by atoms with Gasteiger partial charge in [-0.2, -0.15) is 5.10 Å². The van der Waals surface area contributed by atoms with Gasteiger partial charge in [-0.3, -0.25) is 19.9 Å². The maximum atomic E-state index is 12.5. The molecule has 0 aliphatic rings. The topological polar surface area (TPSA) is 99.4 Å². The molecule has 0 saturated carbocycles. The molecule has 0 fully saturated rings. The highest BCUT2D eigenvalue weighted by Gasteiger charge is 2.16. The number of carbonyl (C=O) groups excluding carboxylic acids is 1. The number of anilines is 1. The van der Waals surface area contributed by atoms with Crippen LogP contribution in [-0.2, 0) is 4.79 Å². The Morgan fingerprint density at radius 3 is 2.63 bits per heavy atom. The van der Waals surface area contributed by atoms with Crippen LogP contribution in [0.5, 0.6) is 0 Å². The fraction of sp³-hybridized carbons (Fsp3) is 0.182. The molecule has 8 heteroatoms. The van der Waals surface area contributed by atoms with E-state index in [0.29, 0.717) is 16.2 Å². The van der Waals surface area contributed by atoms with Gasteiger partial charge in [0.2, 0.25) is 5.91 Å². The first-order chi connectivity index (χ1) is 14.4. The number of benzene rings is 2. The molecule has 0 bridgehead atoms. The number of amides is 1. The minimum atomic E-state index is -0.132. The second-order valence-corrected chi connectivity index (χ2v) is 8.11. The van der Waals surface area contributed by atoms with Gasteiger partial charge in [0.1, 0.15) is 5.49 Å². The third kappa shape index (κ3) is 3.99. The SMILES string of the molecule is Cc1ccc(-n2c(SCC(=O)Nc3cccc(C)c3)nc3n[nH]c(C)c3c2=N)cc1. The molecule has 0 aliphatic carbocycles. The summed E-state index contributed by atoms with van der Waals surface area (Å²) in [7, 11) is 0. The second kappa shape index (κ2) is 8.16. The van der Waals surface area contributed by atoms with E-state index in [2.05, 4.69) is 20.5 Å². The van der Waals surface area contributed by atoms with Crippen LogP contribution in [0.1, 0.15) is 16.8 Å². The van der Waals surface area contributed by atoms with Gasteiger partial charge in [-0.1, -0.05) is 41.6 Å². The van der Waals surface area contributed by atoms with Crippen molar-refractivity contribution in [3.05, 3.63) is 70.8 Å². The van der Waals surface area contributed by atoms with Gasteiger partial charge in [0.05, 0.1) is 11.1 Å². The number of aromatic amines is 1. The van der Waals surface area contributed by atoms with Crippen LogP contribution in [0.4, 0.5) is 5.69 Å². The molecule has 152 valence electrons. The lowest BCUT2D eigenvalue weighted by Crippen LogP contribution is -2.23. The Labute approximate surface area is 178 Å². The molecule has 3 N–H and O–H groups in total. The predicted molar refractivity (Wildman–Crippen MR) is 119 cm³/mol. The highest BCUT2D eigenvalue weighted by molar-refractivity contribution is 7.99. The van der Waals surface area contributed by atoms with Crippen molar-refractivity contribution < 1.29 is 4.79 Å². The van der Waals surface area contributed by atoms with E-state index >= 15 is 0 Å². The summed E-state index contributed by atoms with van der Waals surface area (Å²) in [4.78, 5) is 17.1. The van der Waals surface area contributed by atoms with E-state index in [0.717, 1.165) is 28.2 Å². The molecule has 30 heavy (non-hydrogen) atoms. The molecular weight excluding hydrogens is 396 g/mol. The van der Waals surface area contributed by atoms with Crippen LogP contribution in [0, 0.1) is 26.2 Å². The number of hydrogen-bond donors (Lipinski definition) is 3. The van der Waals surface area contributed by atoms with E-state index in [1.165, 1.54) is 11.8 Å². The Hall–Kier alpha value is -3.39. The van der Waals surface area contributed by atoms with Crippen molar-refractivity contribution in [2.45, 2.75) is 25.9 Å². The first-order valence-electron chi connectivity index (χ1n) is 9.51. The quantitative estimate of drug-likeness (QED) is 0.338. The largest absolute Gasteiger partial charge is 0.325 e. The Bertz CT molecular complexity index is 1290. The molecule has 0 atom stereocenters. The zero-order valence-corrected chi connectivity index (χ0v) is 17.8. The lowest BCUT2D eigenvalue weighted by molar-refractivity contribution is -0.113. The van der Waals surface area contributed by atoms with Crippen LogP contribution in [0.25, 0.3) is 16.7 Å². The first kappa shape index (κ1) is 19.9. The van der Waals surface area contributed by atoms with Crippen LogP contribution in [0.3, 0.4) is 0 Å². The minimum absolute atomic E-state index is 0.132. The summed E-state index contributed by atoms with van der Waals surface area (Å²) in [5.41, 5.74) is 5.35. The third-order valence-corrected chi connectivity index (χ3v) is 5.65. The molecule has 4 aromatic rings. The van der Waals surface area contributed by atoms with Gasteiger partial charge in [-0.05, 0) is 50.6 Å². The van der Waals surface area contributed by atoms with Crippen molar-refractivity contribution in [2.75, 3.05) is 11.1 Å². The summed E-state index contributed by atoms with van der Waals surface area (Å²) >= 11 is 1.28. The van der Waals surface area contributed by atoms with Crippen molar-refractivity contribution in [3.63, 3.8) is 0 Å². The van der Waals surface area contributed by atoms with Gasteiger partial charge in [0.15, 0.2) is 10.8 Å². The monoisotopic (exact) mass is 418 g/mol. The summed E-state index contributed by atoms with van der Waals surface area (Å²) in [5, 5.41) is 20.0. The van der Waals surface area contributed by atoms with Crippen molar-refractivity contribution >= 4 is 34.4 Å². The van der Waals surface area contributed by atoms with E-state index < -0.39 is 0 Å². The molecule has 2 heterocycles. The number of H-pyrrole nitrogens is 1. The average Bonchev–Trinajstić information content (AvgIpc) is 3.08. The highest BCUT2D eigenvalue weighted by Crippen LogP contribution is 2.22. The van der Waals surface area contributed by atoms with Crippen LogP contribution in [0.2, 0.25) is 0 Å². The maximum absolute atomic E-state index is 12.5. The van der Waals surface area contributed by atoms with Gasteiger partial charge >= 0.3 is 0 Å². The van der Waals surface area contributed by atoms with Crippen molar-refractivity contribution in [1.82, 2.24) is 19.7 Å². The van der Waals surface area contributed by atoms with E-state index in [-0.39, 0.29) is 17.1 Å². The summed E-state index contributed by atoms with van der Waals surface area (Å²) < 4.78 is 1.76. The lowest BCUT2D eigenvalue weighted by atomic mass is 10.2. The van der Waals surface area contributed by atoms with Crippen LogP contribution < -0.4 is 10.8 Å². The molecule has 1 amide bonds. The molecule has 0 saturated heterocycles. The molecule has 4 rings (SSSR count). The Kier molecular flexibility index (Phi) is 5.41. The summed E-state index contributed by atoms with van der Waals surface area (Å²) in [6.07, 6.45) is 0. The molecular formula is C22H22N6OS. The van der Waals surface area contributed by atoms with Gasteiger partial charge in [-0.25, -0.2) is 4.98 Å². The zero-order chi connectivity index (χ0) is 21.3. The van der Waals surface area contributed by atoms with Crippen LogP contribution in [-0.4, -0.2) is 31.4 Å². The molecule has 2 aromatic heterocycles. The van der Waals surface area contributed by atoms with Crippen LogP contribution in [0.15, 0.2) is 53.7 Å². The number of nitrogens with one attached hydrogen (secondary N) is 3. The number of hydrogen-bond acceptors (Lipinski definition) is 5. The Morgan fingerprint density at radius 2 is 1.90 bits per heavy atom. The van der Waals surface area contributed by atoms with E-state index in [9.17, 15) is 4.79 Å². The van der Waals surface area contributed by atoms with Crippen molar-refractivity contribution in [2.24, 2.45) is 0 Å². The molecule has 0 radical (unpaired) electrons. The van der Waals surface area contributed by atoms with Gasteiger partial charge in [-0.15, -0.1) is 0 Å². The number of aromatic nitrogens is 4. The minimum Gasteiger partial charge on any atom is -0.325 e. The fourth-order valence-corrected chi connectivity index (χ4v) is 4.02. The third-order valence-electron chi connectivity index (χ3n) is 4.71. The predicted octanol–water partition coefficient (Wildman–Crippen LogP) is 3.88. The fourth-order valence-electron chi connectivity index (χ4n) is 3.21. The summed E-state index contributed by atoms with van der Waals surface area (Å²) in [5.74, 6) is 0.0360. The highest BCUT2D eigenvalue weighted by atomic mass is 32.2. The summed E-state index contributed by atoms with van der Waals surface area (Å²) in [6, 6.07) is 15.6. The molecule has 0 aliphatic heterocycles. The molecule has 0 unspecified atom stereocenters. The van der Waals surface area contributed by atoms with Gasteiger partial charge in [0.25, 0.3) is 0 Å². The summed E-state index contributed by atoms with van der Waals surface area (Å²) in [6.45, 7) is 5.87. The lowest BCUT2D eigenvalue weighted by Gasteiger charge is -2.14. The molecule has 0 spiro atoms. The van der Waals surface area contributed by atoms with E-state index in [4.69, 9.17) is 5.41 Å². The van der Waals surface area contributed by atoms with Crippen LogP contribution >= 0.6 is 11.8 Å². The normalized spacial score (nSPS) is 11.0. The maximum Gasteiger partial charge on any atom is 0.234 e. The number of fused-ring (bicyclic) bond motifs is 1. The number of thioether (sulfide) groups is 1. The van der Waals surface area contributed by atoms with E-state index in [1.54, 1.807) is 4.57 Å².